The number of halogens is 2. The second kappa shape index (κ2) is 5.62. The van der Waals surface area contributed by atoms with Gasteiger partial charge < -0.3 is 0 Å². The summed E-state index contributed by atoms with van der Waals surface area (Å²) < 4.78 is 4.02. The minimum Gasteiger partial charge on any atom is -0.273 e. The Morgan fingerprint density at radius 1 is 1.59 bits per heavy atom. The van der Waals surface area contributed by atoms with E-state index >= 15 is 0 Å². The molecule has 2 heterocycles. The maximum atomic E-state index is 5.65. The third-order valence-electron chi connectivity index (χ3n) is 2.47. The van der Waals surface area contributed by atoms with Crippen molar-refractivity contribution in [2.45, 2.75) is 19.5 Å². The van der Waals surface area contributed by atoms with Gasteiger partial charge in [-0.05, 0) is 44.8 Å². The van der Waals surface area contributed by atoms with Crippen LogP contribution in [-0.2, 0) is 6.54 Å². The van der Waals surface area contributed by atoms with Crippen molar-refractivity contribution >= 4 is 43.2 Å². The number of rotatable bonds is 4. The monoisotopic (exact) mass is 378 g/mol. The Kier molecular flexibility index (Phi) is 4.37. The highest BCUT2D eigenvalue weighted by Crippen LogP contribution is 2.37. The summed E-state index contributed by atoms with van der Waals surface area (Å²) in [7, 11) is 0. The van der Waals surface area contributed by atoms with E-state index in [2.05, 4.69) is 55.4 Å². The van der Waals surface area contributed by atoms with E-state index in [1.54, 1.807) is 11.3 Å². The molecular weight excluding hydrogens is 368 g/mol. The number of thiophene rings is 1. The summed E-state index contributed by atoms with van der Waals surface area (Å²) >= 11 is 8.65. The highest BCUT2D eigenvalue weighted by atomic mass is 79.9. The number of nitrogens with zero attached hydrogens (tertiary/aromatic N) is 2. The van der Waals surface area contributed by atoms with E-state index < -0.39 is 0 Å². The maximum Gasteiger partial charge on any atom is 0.0762 e. The molecule has 1 unspecified atom stereocenters. The maximum absolute atomic E-state index is 5.65. The molecule has 4 nitrogen and oxygen atoms in total. The molecule has 2 aromatic rings. The van der Waals surface area contributed by atoms with Gasteiger partial charge in [-0.15, -0.1) is 11.3 Å². The van der Waals surface area contributed by atoms with E-state index in [9.17, 15) is 0 Å². The highest BCUT2D eigenvalue weighted by molar-refractivity contribution is 9.12. The zero-order valence-electron chi connectivity index (χ0n) is 9.15. The number of aryl methyl sites for hydroxylation is 1. The summed E-state index contributed by atoms with van der Waals surface area (Å²) in [5.74, 6) is 5.65. The number of nitrogens with one attached hydrogen (secondary N) is 1. The van der Waals surface area contributed by atoms with Crippen molar-refractivity contribution < 1.29 is 0 Å². The van der Waals surface area contributed by atoms with Gasteiger partial charge in [-0.3, -0.25) is 10.5 Å². The van der Waals surface area contributed by atoms with Crippen molar-refractivity contribution in [2.24, 2.45) is 5.84 Å². The minimum absolute atomic E-state index is 0.0489. The van der Waals surface area contributed by atoms with Gasteiger partial charge in [-0.2, -0.15) is 5.10 Å². The summed E-state index contributed by atoms with van der Waals surface area (Å²) in [6.45, 7) is 2.91. The van der Waals surface area contributed by atoms with Crippen LogP contribution in [0.4, 0.5) is 0 Å². The zero-order valence-corrected chi connectivity index (χ0v) is 13.1. The molecule has 2 rings (SSSR count). The van der Waals surface area contributed by atoms with E-state index in [4.69, 9.17) is 5.84 Å². The van der Waals surface area contributed by atoms with Crippen LogP contribution in [0.25, 0.3) is 0 Å². The smallest absolute Gasteiger partial charge is 0.0762 e. The van der Waals surface area contributed by atoms with Crippen LogP contribution < -0.4 is 11.3 Å². The van der Waals surface area contributed by atoms with Crippen molar-refractivity contribution in [2.75, 3.05) is 0 Å². The van der Waals surface area contributed by atoms with Crippen LogP contribution >= 0.6 is 43.2 Å². The van der Waals surface area contributed by atoms with Crippen LogP contribution in [0, 0.1) is 0 Å². The fourth-order valence-corrected chi connectivity index (χ4v) is 4.52. The van der Waals surface area contributed by atoms with Crippen LogP contribution in [0.15, 0.2) is 26.0 Å². The van der Waals surface area contributed by atoms with Gasteiger partial charge in [0.15, 0.2) is 0 Å². The van der Waals surface area contributed by atoms with E-state index in [0.29, 0.717) is 0 Å². The Bertz CT molecular complexity index is 508. The highest BCUT2D eigenvalue weighted by Gasteiger charge is 2.19. The molecule has 92 valence electrons. The molecule has 2 aromatic heterocycles. The molecule has 0 fully saturated rings. The van der Waals surface area contributed by atoms with Crippen molar-refractivity contribution in [3.63, 3.8) is 0 Å². The molecule has 0 bridgehead atoms. The van der Waals surface area contributed by atoms with Gasteiger partial charge in [0.25, 0.3) is 0 Å². The average molecular weight is 380 g/mol. The van der Waals surface area contributed by atoms with Gasteiger partial charge in [0.05, 0.1) is 19.8 Å². The molecule has 0 saturated heterocycles. The molecule has 0 aromatic carbocycles. The Morgan fingerprint density at radius 3 is 2.82 bits per heavy atom. The average Bonchev–Trinajstić information content (AvgIpc) is 2.88. The van der Waals surface area contributed by atoms with Crippen molar-refractivity contribution in [1.29, 1.82) is 0 Å². The molecule has 1 atom stereocenters. The molecule has 0 spiro atoms. The summed E-state index contributed by atoms with van der Waals surface area (Å²) in [6, 6.07) is 2.01. The molecule has 0 saturated carbocycles. The number of hydrazine groups is 1. The topological polar surface area (TPSA) is 55.9 Å². The first kappa shape index (κ1) is 13.2. The standard InChI is InChI=1S/C10H12Br2N4S/c1-2-16-5-6(4-14-16)9(15-13)7-3-8(11)17-10(7)12/h3-5,9,15H,2,13H2,1H3. The molecular formula is C10H12Br2N4S. The summed E-state index contributed by atoms with van der Waals surface area (Å²) in [4.78, 5) is 0. The fraction of sp³-hybridized carbons (Fsp3) is 0.300. The fourth-order valence-electron chi connectivity index (χ4n) is 1.62. The first-order valence-corrected chi connectivity index (χ1v) is 7.49. The van der Waals surface area contributed by atoms with Crippen LogP contribution in [-0.4, -0.2) is 9.78 Å². The Morgan fingerprint density at radius 2 is 2.35 bits per heavy atom. The first-order valence-electron chi connectivity index (χ1n) is 5.09. The van der Waals surface area contributed by atoms with Gasteiger partial charge in [-0.1, -0.05) is 0 Å². The van der Waals surface area contributed by atoms with Gasteiger partial charge >= 0.3 is 0 Å². The van der Waals surface area contributed by atoms with Crippen LogP contribution in [0.2, 0.25) is 0 Å². The SMILES string of the molecule is CCn1cc(C(NN)c2cc(Br)sc2Br)cn1. The summed E-state index contributed by atoms with van der Waals surface area (Å²) in [5, 5.41) is 4.26. The second-order valence-corrected chi connectivity index (χ2v) is 7.26. The quantitative estimate of drug-likeness (QED) is 0.634. The van der Waals surface area contributed by atoms with Crippen molar-refractivity contribution in [3.8, 4) is 0 Å². The molecule has 7 heteroatoms. The van der Waals surface area contributed by atoms with Crippen molar-refractivity contribution in [3.05, 3.63) is 37.2 Å². The lowest BCUT2D eigenvalue weighted by Gasteiger charge is -2.13. The Balaban J connectivity index is 2.36. The minimum atomic E-state index is -0.0489. The van der Waals surface area contributed by atoms with Gasteiger partial charge in [0.2, 0.25) is 0 Å². The van der Waals surface area contributed by atoms with Crippen LogP contribution in [0.1, 0.15) is 24.1 Å². The number of hydrogen-bond donors (Lipinski definition) is 2. The number of nitrogens with two attached hydrogens (primary N) is 1. The number of hydrogen-bond acceptors (Lipinski definition) is 4. The summed E-state index contributed by atoms with van der Waals surface area (Å²) in [6.07, 6.45) is 3.84. The van der Waals surface area contributed by atoms with Crippen LogP contribution in [0.3, 0.4) is 0 Å². The van der Waals surface area contributed by atoms with Crippen molar-refractivity contribution in [1.82, 2.24) is 15.2 Å². The molecule has 0 radical (unpaired) electrons. The Labute approximate surface area is 120 Å². The predicted octanol–water partition coefficient (Wildman–Crippen LogP) is 3.04. The van der Waals surface area contributed by atoms with Gasteiger partial charge in [0, 0.05) is 23.9 Å². The third kappa shape index (κ3) is 2.79. The molecule has 0 amide bonds. The third-order valence-corrected chi connectivity index (χ3v) is 4.86. The van der Waals surface area contributed by atoms with E-state index in [1.807, 2.05) is 17.1 Å². The normalized spacial score (nSPS) is 12.9. The first-order chi connectivity index (χ1) is 8.15. The van der Waals surface area contributed by atoms with E-state index in [0.717, 1.165) is 25.2 Å². The lowest BCUT2D eigenvalue weighted by atomic mass is 10.1. The lowest BCUT2D eigenvalue weighted by molar-refractivity contribution is 0.630. The molecule has 0 aliphatic heterocycles. The molecule has 3 N–H and O–H groups in total. The molecule has 0 aliphatic carbocycles. The van der Waals surface area contributed by atoms with Crippen LogP contribution in [0.5, 0.6) is 0 Å². The second-order valence-electron chi connectivity index (χ2n) is 3.51. The lowest BCUT2D eigenvalue weighted by Crippen LogP contribution is -2.28. The predicted molar refractivity (Wildman–Crippen MR) is 76.8 cm³/mol. The Hall–Kier alpha value is -0.210. The van der Waals surface area contributed by atoms with E-state index in [1.165, 1.54) is 0 Å². The molecule has 17 heavy (non-hydrogen) atoms. The van der Waals surface area contributed by atoms with Gasteiger partial charge in [0.1, 0.15) is 0 Å². The number of aromatic nitrogens is 2. The summed E-state index contributed by atoms with van der Waals surface area (Å²) in [5.41, 5.74) is 5.00. The molecule has 0 aliphatic rings. The largest absolute Gasteiger partial charge is 0.273 e. The zero-order chi connectivity index (χ0) is 12.4. The van der Waals surface area contributed by atoms with E-state index in [-0.39, 0.29) is 6.04 Å². The van der Waals surface area contributed by atoms with Gasteiger partial charge in [-0.25, -0.2) is 5.43 Å².